The maximum absolute atomic E-state index is 2.34. The van der Waals surface area contributed by atoms with Gasteiger partial charge in [0.2, 0.25) is 0 Å². The van der Waals surface area contributed by atoms with E-state index in [0.29, 0.717) is 4.75 Å². The summed E-state index contributed by atoms with van der Waals surface area (Å²) in [6, 6.07) is 0. The minimum atomic E-state index is 0.461. The first-order valence-electron chi connectivity index (χ1n) is 4.51. The van der Waals surface area contributed by atoms with Crippen molar-refractivity contribution in [1.82, 2.24) is 0 Å². The average molecular weight is 174 g/mol. The highest BCUT2D eigenvalue weighted by Gasteiger charge is 2.20. The molecular weight excluding hydrogens is 152 g/mol. The van der Waals surface area contributed by atoms with Crippen LogP contribution in [0.1, 0.15) is 48.0 Å². The van der Waals surface area contributed by atoms with Crippen molar-refractivity contribution in [3.05, 3.63) is 0 Å². The van der Waals surface area contributed by atoms with Gasteiger partial charge in [0.25, 0.3) is 0 Å². The third-order valence-corrected chi connectivity index (χ3v) is 2.73. The lowest BCUT2D eigenvalue weighted by Crippen LogP contribution is -2.19. The summed E-state index contributed by atoms with van der Waals surface area (Å²) >= 11 is 2.09. The maximum atomic E-state index is 2.34. The summed E-state index contributed by atoms with van der Waals surface area (Å²) in [7, 11) is 0. The molecule has 0 saturated heterocycles. The number of hydrogen-bond acceptors (Lipinski definition) is 1. The molecule has 0 radical (unpaired) electrons. The highest BCUT2D eigenvalue weighted by Crippen LogP contribution is 2.33. The van der Waals surface area contributed by atoms with E-state index >= 15 is 0 Å². The van der Waals surface area contributed by atoms with Crippen LogP contribution in [0.25, 0.3) is 0 Å². The first-order valence-corrected chi connectivity index (χ1v) is 5.39. The van der Waals surface area contributed by atoms with E-state index in [-0.39, 0.29) is 0 Å². The third-order valence-electron chi connectivity index (χ3n) is 1.45. The van der Waals surface area contributed by atoms with E-state index in [2.05, 4.69) is 53.3 Å². The Bertz CT molecular complexity index is 91.4. The summed E-state index contributed by atoms with van der Waals surface area (Å²) in [6.45, 7) is 13.8. The molecule has 0 rings (SSSR count). The Kier molecular flexibility index (Phi) is 4.53. The molecule has 68 valence electrons. The van der Waals surface area contributed by atoms with Crippen LogP contribution in [0.4, 0.5) is 0 Å². The van der Waals surface area contributed by atoms with Gasteiger partial charge in [-0.3, -0.25) is 0 Å². The quantitative estimate of drug-likeness (QED) is 0.622. The Morgan fingerprint density at radius 1 is 1.09 bits per heavy atom. The van der Waals surface area contributed by atoms with E-state index in [0.717, 1.165) is 11.2 Å². The fourth-order valence-corrected chi connectivity index (χ4v) is 3.38. The molecule has 11 heavy (non-hydrogen) atoms. The molecule has 0 aliphatic heterocycles. The molecule has 0 aromatic carbocycles. The fourth-order valence-electron chi connectivity index (χ4n) is 1.67. The maximum Gasteiger partial charge on any atom is 0.0108 e. The molecule has 0 bridgehead atoms. The second-order valence-corrected chi connectivity index (χ2v) is 6.81. The van der Waals surface area contributed by atoms with Crippen LogP contribution in [-0.2, 0) is 0 Å². The Labute approximate surface area is 76.1 Å². The lowest BCUT2D eigenvalue weighted by molar-refractivity contribution is 0.502. The third kappa shape index (κ3) is 6.74. The molecule has 0 saturated carbocycles. The van der Waals surface area contributed by atoms with E-state index in [9.17, 15) is 0 Å². The molecule has 0 N–H and O–H groups in total. The van der Waals surface area contributed by atoms with Crippen molar-refractivity contribution in [3.8, 4) is 0 Å². The topological polar surface area (TPSA) is 0 Å². The number of rotatable bonds is 4. The number of thioether (sulfide) groups is 1. The van der Waals surface area contributed by atoms with Gasteiger partial charge < -0.3 is 0 Å². The standard InChI is InChI=1S/C10H22S/c1-8(2)7-10(5,6)11-9(3)4/h8-9H,7H2,1-6H3. The van der Waals surface area contributed by atoms with Gasteiger partial charge in [0.15, 0.2) is 0 Å². The molecule has 0 aromatic heterocycles. The summed E-state index contributed by atoms with van der Waals surface area (Å²) in [5.41, 5.74) is 0. The second kappa shape index (κ2) is 4.39. The molecule has 0 amide bonds. The molecule has 0 unspecified atom stereocenters. The van der Waals surface area contributed by atoms with Crippen LogP contribution in [-0.4, -0.2) is 10.00 Å². The summed E-state index contributed by atoms with van der Waals surface area (Å²) in [5.74, 6) is 0.816. The van der Waals surface area contributed by atoms with E-state index in [1.807, 2.05) is 0 Å². The predicted molar refractivity (Wildman–Crippen MR) is 56.3 cm³/mol. The van der Waals surface area contributed by atoms with Crippen LogP contribution < -0.4 is 0 Å². The highest BCUT2D eigenvalue weighted by molar-refractivity contribution is 8.01. The van der Waals surface area contributed by atoms with E-state index in [1.165, 1.54) is 6.42 Å². The summed E-state index contributed by atoms with van der Waals surface area (Å²) in [4.78, 5) is 0. The van der Waals surface area contributed by atoms with Gasteiger partial charge in [0, 0.05) is 4.75 Å². The van der Waals surface area contributed by atoms with Crippen molar-refractivity contribution in [2.45, 2.75) is 58.0 Å². The van der Waals surface area contributed by atoms with Gasteiger partial charge in [-0.1, -0.05) is 41.5 Å². The molecule has 0 fully saturated rings. The van der Waals surface area contributed by atoms with Gasteiger partial charge in [-0.25, -0.2) is 0 Å². The Hall–Kier alpha value is 0.350. The van der Waals surface area contributed by atoms with Crippen LogP contribution in [0.5, 0.6) is 0 Å². The van der Waals surface area contributed by atoms with Gasteiger partial charge >= 0.3 is 0 Å². The molecule has 0 atom stereocenters. The van der Waals surface area contributed by atoms with E-state index < -0.39 is 0 Å². The zero-order chi connectivity index (χ0) is 9.07. The van der Waals surface area contributed by atoms with E-state index in [1.54, 1.807) is 0 Å². The fraction of sp³-hybridized carbons (Fsp3) is 1.00. The van der Waals surface area contributed by atoms with Crippen LogP contribution in [0, 0.1) is 5.92 Å². The van der Waals surface area contributed by atoms with Crippen LogP contribution in [0.15, 0.2) is 0 Å². The largest absolute Gasteiger partial charge is 0.153 e. The molecule has 0 aliphatic rings. The summed E-state index contributed by atoms with van der Waals surface area (Å²) in [5, 5.41) is 0.753. The Balaban J connectivity index is 3.79. The zero-order valence-electron chi connectivity index (χ0n) is 8.77. The Morgan fingerprint density at radius 2 is 1.55 bits per heavy atom. The molecule has 0 spiro atoms. The van der Waals surface area contributed by atoms with Crippen molar-refractivity contribution in [1.29, 1.82) is 0 Å². The van der Waals surface area contributed by atoms with Crippen molar-refractivity contribution in [2.75, 3.05) is 0 Å². The molecule has 1 heteroatoms. The van der Waals surface area contributed by atoms with Gasteiger partial charge in [-0.15, -0.1) is 0 Å². The lowest BCUT2D eigenvalue weighted by Gasteiger charge is -2.27. The van der Waals surface area contributed by atoms with Gasteiger partial charge in [-0.05, 0) is 17.6 Å². The number of hydrogen-bond donors (Lipinski definition) is 0. The molecule has 0 aromatic rings. The van der Waals surface area contributed by atoms with Crippen molar-refractivity contribution in [3.63, 3.8) is 0 Å². The molecular formula is C10H22S. The zero-order valence-corrected chi connectivity index (χ0v) is 9.59. The molecule has 0 aliphatic carbocycles. The Morgan fingerprint density at radius 3 is 1.82 bits per heavy atom. The van der Waals surface area contributed by atoms with Crippen LogP contribution in [0.3, 0.4) is 0 Å². The van der Waals surface area contributed by atoms with Gasteiger partial charge in [-0.2, -0.15) is 11.8 Å². The highest BCUT2D eigenvalue weighted by atomic mass is 32.2. The van der Waals surface area contributed by atoms with E-state index in [4.69, 9.17) is 0 Å². The second-order valence-electron chi connectivity index (χ2n) is 4.52. The first kappa shape index (κ1) is 11.4. The SMILES string of the molecule is CC(C)CC(C)(C)SC(C)C. The van der Waals surface area contributed by atoms with Crippen LogP contribution >= 0.6 is 11.8 Å². The predicted octanol–water partition coefficient (Wildman–Crippen LogP) is 3.95. The molecule has 0 nitrogen and oxygen atoms in total. The van der Waals surface area contributed by atoms with Gasteiger partial charge in [0.1, 0.15) is 0 Å². The first-order chi connectivity index (χ1) is 4.83. The smallest absolute Gasteiger partial charge is 0.0108 e. The monoisotopic (exact) mass is 174 g/mol. The van der Waals surface area contributed by atoms with Crippen molar-refractivity contribution in [2.24, 2.45) is 5.92 Å². The van der Waals surface area contributed by atoms with Crippen LogP contribution in [0.2, 0.25) is 0 Å². The lowest BCUT2D eigenvalue weighted by atomic mass is 10.0. The van der Waals surface area contributed by atoms with Crippen molar-refractivity contribution >= 4 is 11.8 Å². The summed E-state index contributed by atoms with van der Waals surface area (Å²) in [6.07, 6.45) is 1.32. The van der Waals surface area contributed by atoms with Gasteiger partial charge in [0.05, 0.1) is 0 Å². The van der Waals surface area contributed by atoms with Crippen molar-refractivity contribution < 1.29 is 0 Å². The normalized spacial score (nSPS) is 13.1. The minimum absolute atomic E-state index is 0.461. The molecule has 0 heterocycles. The summed E-state index contributed by atoms with van der Waals surface area (Å²) < 4.78 is 0.461. The minimum Gasteiger partial charge on any atom is -0.153 e. The average Bonchev–Trinajstić information content (AvgIpc) is 1.53.